The number of hydrogen-bond acceptors (Lipinski definition) is 4. The fourth-order valence-corrected chi connectivity index (χ4v) is 3.89. The van der Waals surface area contributed by atoms with E-state index in [1.54, 1.807) is 12.3 Å². The van der Waals surface area contributed by atoms with Crippen LogP contribution in [0.3, 0.4) is 0 Å². The average Bonchev–Trinajstić information content (AvgIpc) is 2.36. The van der Waals surface area contributed by atoms with Crippen LogP contribution in [0, 0.1) is 2.70 Å². The van der Waals surface area contributed by atoms with Gasteiger partial charge in [0.15, 0.2) is 0 Å². The zero-order valence-corrected chi connectivity index (χ0v) is 9.17. The summed E-state index contributed by atoms with van der Waals surface area (Å²) < 4.78 is 6.46. The summed E-state index contributed by atoms with van der Waals surface area (Å²) in [6, 6.07) is 0. The second-order valence-corrected chi connectivity index (χ2v) is 6.59. The summed E-state index contributed by atoms with van der Waals surface area (Å²) in [4.78, 5) is 11.0. The van der Waals surface area contributed by atoms with Crippen molar-refractivity contribution in [3.05, 3.63) is 12.5 Å². The predicted octanol–water partition coefficient (Wildman–Crippen LogP) is 1.71. The van der Waals surface area contributed by atoms with Gasteiger partial charge in [0.05, 0.1) is 0 Å². The second kappa shape index (κ2) is 4.16. The average molecular weight is 253 g/mol. The Kier molecular flexibility index (Phi) is 3.45. The van der Waals surface area contributed by atoms with Gasteiger partial charge in [0, 0.05) is 0 Å². The number of rotatable bonds is 2. The van der Waals surface area contributed by atoms with Gasteiger partial charge in [-0.3, -0.25) is 0 Å². The first kappa shape index (κ1) is 9.13. The molecule has 0 saturated carbocycles. The Morgan fingerprint density at radius 3 is 3.09 bits per heavy atom. The summed E-state index contributed by atoms with van der Waals surface area (Å²) in [5.74, 6) is -0.208. The molecule has 0 aliphatic heterocycles. The van der Waals surface area contributed by atoms with Crippen molar-refractivity contribution in [2.75, 3.05) is 6.61 Å². The van der Waals surface area contributed by atoms with E-state index in [9.17, 15) is 4.79 Å². The van der Waals surface area contributed by atoms with Crippen LogP contribution < -0.4 is 0 Å². The molecule has 1 heterocycles. The molecule has 1 rings (SSSR count). The number of esters is 1. The van der Waals surface area contributed by atoms with Crippen LogP contribution in [0.1, 0.15) is 16.2 Å². The van der Waals surface area contributed by atoms with Gasteiger partial charge in [0.1, 0.15) is 0 Å². The van der Waals surface area contributed by atoms with Crippen LogP contribution in [0.2, 0.25) is 0 Å². The molecule has 0 atom stereocenters. The van der Waals surface area contributed by atoms with Gasteiger partial charge in [-0.25, -0.2) is 0 Å². The molecular weight excluding hydrogens is 247 g/mol. The van der Waals surface area contributed by atoms with Crippen molar-refractivity contribution in [2.45, 2.75) is 6.92 Å². The maximum absolute atomic E-state index is 11.0. The molecule has 0 saturated heterocycles. The summed E-state index contributed by atoms with van der Waals surface area (Å²) in [7, 11) is 0. The molecule has 60 valence electrons. The molecule has 11 heavy (non-hydrogen) atoms. The van der Waals surface area contributed by atoms with Crippen molar-refractivity contribution in [2.24, 2.45) is 0 Å². The Labute approximate surface area is 79.6 Å². The third kappa shape index (κ3) is 2.52. The first-order valence-electron chi connectivity index (χ1n) is 2.99. The third-order valence-electron chi connectivity index (χ3n) is 0.932. The zero-order chi connectivity index (χ0) is 8.27. The molecule has 0 aromatic carbocycles. The van der Waals surface area contributed by atoms with E-state index in [0.29, 0.717) is 6.61 Å². The molecule has 0 bridgehead atoms. The summed E-state index contributed by atoms with van der Waals surface area (Å²) in [5, 5.41) is 1.79. The van der Waals surface area contributed by atoms with Crippen molar-refractivity contribution in [3.63, 3.8) is 0 Å². The van der Waals surface area contributed by atoms with E-state index < -0.39 is 0 Å². The van der Waals surface area contributed by atoms with E-state index in [1.807, 2.05) is 0 Å². The summed E-state index contributed by atoms with van der Waals surface area (Å²) >= 11 is 6.43. The molecule has 0 aliphatic carbocycles. The molecule has 0 fully saturated rings. The fourth-order valence-electron chi connectivity index (χ4n) is 0.532. The van der Waals surface area contributed by atoms with Crippen LogP contribution in [0.4, 0.5) is 0 Å². The summed E-state index contributed by atoms with van der Waals surface area (Å²) in [5.41, 5.74) is 0. The Bertz CT molecular complexity index is 302. The van der Waals surface area contributed by atoms with Gasteiger partial charge in [-0.05, 0) is 0 Å². The molecule has 0 spiro atoms. The number of ether oxygens (including phenoxy) is 1. The SMILES string of the molecule is CCOC(=O)c1csc(=S)[se]1. The first-order valence-corrected chi connectivity index (χ1v) is 6.00. The van der Waals surface area contributed by atoms with Crippen LogP contribution >= 0.6 is 23.6 Å². The molecule has 0 amide bonds. The van der Waals surface area contributed by atoms with Gasteiger partial charge >= 0.3 is 79.6 Å². The van der Waals surface area contributed by atoms with Crippen LogP contribution in [-0.4, -0.2) is 27.1 Å². The normalized spacial score (nSPS) is 9.55. The van der Waals surface area contributed by atoms with E-state index in [2.05, 4.69) is 0 Å². The van der Waals surface area contributed by atoms with Crippen molar-refractivity contribution < 1.29 is 9.53 Å². The monoisotopic (exact) mass is 254 g/mol. The Morgan fingerprint density at radius 2 is 2.64 bits per heavy atom. The predicted molar refractivity (Wildman–Crippen MR) is 48.0 cm³/mol. The molecule has 1 aromatic heterocycles. The molecule has 0 radical (unpaired) electrons. The van der Waals surface area contributed by atoms with Crippen LogP contribution in [0.5, 0.6) is 0 Å². The molecule has 0 aliphatic rings. The van der Waals surface area contributed by atoms with E-state index in [4.69, 9.17) is 17.0 Å². The van der Waals surface area contributed by atoms with Gasteiger partial charge in [0.25, 0.3) is 0 Å². The molecular formula is C6H6O2S2Se. The van der Waals surface area contributed by atoms with Crippen molar-refractivity contribution in [1.82, 2.24) is 0 Å². The quantitative estimate of drug-likeness (QED) is 0.456. The second-order valence-electron chi connectivity index (χ2n) is 1.67. The Hall–Kier alpha value is 0.0395. The standard InChI is InChI=1S/C6H6O2S2Se/c1-2-8-5(7)4-3-10-6(9)11-4/h3H,2H2,1H3. The topological polar surface area (TPSA) is 26.3 Å². The van der Waals surface area contributed by atoms with Crippen LogP contribution in [0.25, 0.3) is 0 Å². The molecule has 0 unspecified atom stereocenters. The zero-order valence-electron chi connectivity index (χ0n) is 5.83. The van der Waals surface area contributed by atoms with E-state index >= 15 is 0 Å². The first-order chi connectivity index (χ1) is 5.24. The Balaban J connectivity index is 2.76. The van der Waals surface area contributed by atoms with Gasteiger partial charge in [0.2, 0.25) is 0 Å². The number of carbonyl (C=O) groups is 1. The van der Waals surface area contributed by atoms with Gasteiger partial charge in [-0.1, -0.05) is 0 Å². The minimum absolute atomic E-state index is 0.0479. The van der Waals surface area contributed by atoms with Crippen molar-refractivity contribution in [1.29, 1.82) is 0 Å². The van der Waals surface area contributed by atoms with E-state index in [-0.39, 0.29) is 20.5 Å². The van der Waals surface area contributed by atoms with Crippen LogP contribution in [-0.2, 0) is 4.74 Å². The molecule has 2 nitrogen and oxygen atoms in total. The van der Waals surface area contributed by atoms with Gasteiger partial charge < -0.3 is 0 Å². The van der Waals surface area contributed by atoms with Crippen molar-refractivity contribution >= 4 is 44.0 Å². The third-order valence-corrected chi connectivity index (χ3v) is 4.98. The molecule has 1 aromatic rings. The summed E-state index contributed by atoms with van der Waals surface area (Å²) in [6.07, 6.45) is 0. The minimum atomic E-state index is -0.208. The van der Waals surface area contributed by atoms with E-state index in [0.717, 1.165) is 7.14 Å². The molecule has 5 heteroatoms. The molecule has 0 N–H and O–H groups in total. The number of carbonyl (C=O) groups excluding carboxylic acids is 1. The van der Waals surface area contributed by atoms with Gasteiger partial charge in [-0.2, -0.15) is 0 Å². The van der Waals surface area contributed by atoms with E-state index in [1.165, 1.54) is 11.3 Å². The number of hydrogen-bond donors (Lipinski definition) is 0. The van der Waals surface area contributed by atoms with Gasteiger partial charge in [-0.15, -0.1) is 0 Å². The van der Waals surface area contributed by atoms with Crippen molar-refractivity contribution in [3.8, 4) is 0 Å². The Morgan fingerprint density at radius 1 is 1.91 bits per heavy atom. The fraction of sp³-hybridized carbons (Fsp3) is 0.333. The van der Waals surface area contributed by atoms with Crippen LogP contribution in [0.15, 0.2) is 5.38 Å². The maximum atomic E-state index is 11.0. The summed E-state index contributed by atoms with van der Waals surface area (Å²) in [6.45, 7) is 2.23.